The van der Waals surface area contributed by atoms with E-state index in [2.05, 4.69) is 35.9 Å². The van der Waals surface area contributed by atoms with E-state index >= 15 is 0 Å². The van der Waals surface area contributed by atoms with Crippen LogP contribution in [0.4, 0.5) is 0 Å². The minimum atomic E-state index is -0.524. The third-order valence-electron chi connectivity index (χ3n) is 8.33. The van der Waals surface area contributed by atoms with Gasteiger partial charge < -0.3 is 24.4 Å². The number of piperazine rings is 1. The predicted octanol–water partition coefficient (Wildman–Crippen LogP) is 5.15. The minimum absolute atomic E-state index is 0.00589. The molecule has 2 aromatic carbocycles. The first kappa shape index (κ1) is 27.3. The summed E-state index contributed by atoms with van der Waals surface area (Å²) < 4.78 is 5.73. The SMILES string of the molecule is CCCCN(CCCC)CCCN1CC(=O)N2C(Cc3c([nH]c4ccccc34)C2c2ccccc2OC)C1=O. The number of nitrogens with zero attached hydrogens (tertiary/aromatic N) is 3. The van der Waals surface area contributed by atoms with E-state index in [9.17, 15) is 9.59 Å². The number of nitrogens with one attached hydrogen (secondary N) is 1. The molecule has 0 aliphatic carbocycles. The van der Waals surface area contributed by atoms with Gasteiger partial charge in [-0.25, -0.2) is 0 Å². The number of hydrogen-bond acceptors (Lipinski definition) is 4. The van der Waals surface area contributed by atoms with Crippen LogP contribution in [-0.2, 0) is 16.0 Å². The number of hydrogen-bond donors (Lipinski definition) is 1. The topological polar surface area (TPSA) is 68.9 Å². The van der Waals surface area contributed by atoms with Gasteiger partial charge in [0.1, 0.15) is 17.8 Å². The number of ether oxygens (including phenoxy) is 1. The summed E-state index contributed by atoms with van der Waals surface area (Å²) in [4.78, 5) is 37.6. The predicted molar refractivity (Wildman–Crippen MR) is 155 cm³/mol. The van der Waals surface area contributed by atoms with Crippen molar-refractivity contribution >= 4 is 22.7 Å². The first-order valence-electron chi connectivity index (χ1n) is 14.6. The lowest BCUT2D eigenvalue weighted by atomic mass is 9.86. The number of amides is 2. The lowest BCUT2D eigenvalue weighted by Crippen LogP contribution is -2.63. The fourth-order valence-electron chi connectivity index (χ4n) is 6.31. The molecule has 1 saturated heterocycles. The Morgan fingerprint density at radius 2 is 1.64 bits per heavy atom. The van der Waals surface area contributed by atoms with Crippen LogP contribution in [0.3, 0.4) is 0 Å². The third kappa shape index (κ3) is 5.42. The van der Waals surface area contributed by atoms with Gasteiger partial charge in [0.05, 0.1) is 13.7 Å². The first-order valence-corrected chi connectivity index (χ1v) is 14.6. The Labute approximate surface area is 232 Å². The van der Waals surface area contributed by atoms with Crippen molar-refractivity contribution in [1.29, 1.82) is 0 Å². The summed E-state index contributed by atoms with van der Waals surface area (Å²) in [6, 6.07) is 15.1. The molecule has 3 aromatic rings. The summed E-state index contributed by atoms with van der Waals surface area (Å²) in [5.74, 6) is 0.766. The van der Waals surface area contributed by atoms with Gasteiger partial charge in [-0.15, -0.1) is 0 Å². The van der Waals surface area contributed by atoms with Gasteiger partial charge in [0, 0.05) is 35.1 Å². The molecule has 1 aromatic heterocycles. The highest BCUT2D eigenvalue weighted by Gasteiger charge is 2.48. The zero-order valence-electron chi connectivity index (χ0n) is 23.6. The van der Waals surface area contributed by atoms with E-state index in [4.69, 9.17) is 4.74 Å². The average molecular weight is 531 g/mol. The van der Waals surface area contributed by atoms with Crippen LogP contribution in [0.1, 0.15) is 68.8 Å². The number of fused-ring (bicyclic) bond motifs is 4. The quantitative estimate of drug-likeness (QED) is 0.352. The van der Waals surface area contributed by atoms with Crippen molar-refractivity contribution in [2.75, 3.05) is 39.8 Å². The Balaban J connectivity index is 1.42. The maximum absolute atomic E-state index is 14.0. The van der Waals surface area contributed by atoms with E-state index in [0.717, 1.165) is 59.5 Å². The van der Waals surface area contributed by atoms with Crippen LogP contribution >= 0.6 is 0 Å². The van der Waals surface area contributed by atoms with Gasteiger partial charge in [-0.3, -0.25) is 9.59 Å². The molecule has 0 radical (unpaired) electrons. The van der Waals surface area contributed by atoms with Crippen LogP contribution in [0.25, 0.3) is 10.9 Å². The third-order valence-corrected chi connectivity index (χ3v) is 8.33. The summed E-state index contributed by atoms with van der Waals surface area (Å²) in [7, 11) is 1.65. The summed E-state index contributed by atoms with van der Waals surface area (Å²) in [6.07, 6.45) is 6.15. The van der Waals surface area contributed by atoms with Crippen LogP contribution in [-0.4, -0.2) is 77.4 Å². The van der Waals surface area contributed by atoms with Gasteiger partial charge in [-0.2, -0.15) is 0 Å². The van der Waals surface area contributed by atoms with Crippen LogP contribution in [0, 0.1) is 0 Å². The van der Waals surface area contributed by atoms with Gasteiger partial charge in [0.2, 0.25) is 11.8 Å². The molecule has 7 nitrogen and oxygen atoms in total. The van der Waals surface area contributed by atoms with E-state index in [1.165, 1.54) is 25.7 Å². The summed E-state index contributed by atoms with van der Waals surface area (Å²) in [5.41, 5.74) is 4.03. The number of methoxy groups -OCH3 is 1. The molecule has 2 aliphatic heterocycles. The summed E-state index contributed by atoms with van der Waals surface area (Å²) in [5, 5.41) is 1.12. The monoisotopic (exact) mass is 530 g/mol. The molecule has 0 spiro atoms. The molecule has 0 saturated carbocycles. The molecule has 5 rings (SSSR count). The molecule has 2 amide bonds. The smallest absolute Gasteiger partial charge is 0.246 e. The largest absolute Gasteiger partial charge is 0.496 e. The molecule has 208 valence electrons. The standard InChI is InChI=1S/C32H42N4O3/c1-4-6-17-34(18-7-5-2)19-12-20-35-22-29(37)36-27(32(35)38)21-25-23-13-8-10-15-26(23)33-30(25)31(36)24-14-9-11-16-28(24)39-3/h8-11,13-16,27,31,33H,4-7,12,17-22H2,1-3H3. The Morgan fingerprint density at radius 1 is 0.949 bits per heavy atom. The van der Waals surface area contributed by atoms with Crippen molar-refractivity contribution in [3.05, 3.63) is 65.4 Å². The molecule has 7 heteroatoms. The molecule has 2 aliphatic rings. The molecular formula is C32H42N4O3. The van der Waals surface area contributed by atoms with E-state index in [1.807, 2.05) is 41.3 Å². The summed E-state index contributed by atoms with van der Waals surface area (Å²) >= 11 is 0. The number of unbranched alkanes of at least 4 members (excludes halogenated alkanes) is 2. The number of carbonyl (C=O) groups is 2. The highest BCUT2D eigenvalue weighted by atomic mass is 16.5. The number of rotatable bonds is 12. The second kappa shape index (κ2) is 12.2. The van der Waals surface area contributed by atoms with Crippen molar-refractivity contribution < 1.29 is 14.3 Å². The Morgan fingerprint density at radius 3 is 2.38 bits per heavy atom. The van der Waals surface area contributed by atoms with Crippen molar-refractivity contribution in [3.63, 3.8) is 0 Å². The molecule has 2 atom stereocenters. The fourth-order valence-corrected chi connectivity index (χ4v) is 6.31. The van der Waals surface area contributed by atoms with Crippen LogP contribution in [0.2, 0.25) is 0 Å². The molecule has 0 bridgehead atoms. The molecule has 1 fully saturated rings. The number of carbonyl (C=O) groups excluding carboxylic acids is 2. The maximum atomic E-state index is 14.0. The van der Waals surface area contributed by atoms with Crippen LogP contribution in [0.5, 0.6) is 5.75 Å². The van der Waals surface area contributed by atoms with Gasteiger partial charge in [0.25, 0.3) is 0 Å². The number of aromatic amines is 1. The van der Waals surface area contributed by atoms with Gasteiger partial charge >= 0.3 is 0 Å². The first-order chi connectivity index (χ1) is 19.1. The molecule has 2 unspecified atom stereocenters. The normalized spacial score (nSPS) is 19.1. The lowest BCUT2D eigenvalue weighted by molar-refractivity contribution is -0.158. The number of H-pyrrole nitrogens is 1. The lowest BCUT2D eigenvalue weighted by Gasteiger charge is -2.47. The van der Waals surface area contributed by atoms with Crippen molar-refractivity contribution in [1.82, 2.24) is 19.7 Å². The van der Waals surface area contributed by atoms with E-state index in [-0.39, 0.29) is 18.4 Å². The molecule has 1 N–H and O–H groups in total. The summed E-state index contributed by atoms with van der Waals surface area (Å²) in [6.45, 7) is 8.35. The second-order valence-electron chi connectivity index (χ2n) is 10.9. The van der Waals surface area contributed by atoms with Crippen molar-refractivity contribution in [2.45, 2.75) is 64.5 Å². The van der Waals surface area contributed by atoms with Crippen molar-refractivity contribution in [3.8, 4) is 5.75 Å². The highest BCUT2D eigenvalue weighted by Crippen LogP contribution is 2.44. The van der Waals surface area contributed by atoms with E-state index < -0.39 is 12.1 Å². The molecule has 3 heterocycles. The minimum Gasteiger partial charge on any atom is -0.496 e. The van der Waals surface area contributed by atoms with E-state index in [1.54, 1.807) is 12.0 Å². The molecule has 39 heavy (non-hydrogen) atoms. The number of benzene rings is 2. The van der Waals surface area contributed by atoms with Gasteiger partial charge in [-0.1, -0.05) is 63.1 Å². The van der Waals surface area contributed by atoms with Gasteiger partial charge in [0.15, 0.2) is 0 Å². The maximum Gasteiger partial charge on any atom is 0.246 e. The number of aromatic nitrogens is 1. The zero-order valence-corrected chi connectivity index (χ0v) is 23.6. The number of para-hydroxylation sites is 2. The van der Waals surface area contributed by atoms with Crippen LogP contribution < -0.4 is 4.74 Å². The fraction of sp³-hybridized carbons (Fsp3) is 0.500. The Hall–Kier alpha value is -3.32. The highest BCUT2D eigenvalue weighted by molar-refractivity contribution is 5.97. The second-order valence-corrected chi connectivity index (χ2v) is 10.9. The Bertz CT molecular complexity index is 1290. The zero-order chi connectivity index (χ0) is 27.4. The molecular weight excluding hydrogens is 488 g/mol. The van der Waals surface area contributed by atoms with Crippen LogP contribution in [0.15, 0.2) is 48.5 Å². The Kier molecular flexibility index (Phi) is 8.56. The van der Waals surface area contributed by atoms with Gasteiger partial charge in [-0.05, 0) is 56.6 Å². The van der Waals surface area contributed by atoms with E-state index in [0.29, 0.717) is 13.0 Å². The van der Waals surface area contributed by atoms with Crippen molar-refractivity contribution in [2.24, 2.45) is 0 Å². The average Bonchev–Trinajstić information content (AvgIpc) is 3.34.